The minimum atomic E-state index is -0.499. The second-order valence-corrected chi connectivity index (χ2v) is 6.85. The lowest BCUT2D eigenvalue weighted by molar-refractivity contribution is 0.272. The fourth-order valence-corrected chi connectivity index (χ4v) is 3.22. The molecule has 0 amide bonds. The van der Waals surface area contributed by atoms with Crippen LogP contribution in [0, 0.1) is 0 Å². The lowest BCUT2D eigenvalue weighted by Gasteiger charge is -2.16. The van der Waals surface area contributed by atoms with Gasteiger partial charge in [0.15, 0.2) is 0 Å². The molecule has 2 aromatic rings. The highest BCUT2D eigenvalue weighted by molar-refractivity contribution is 7.99. The number of nitrogens with zero attached hydrogens (tertiary/aromatic N) is 1. The van der Waals surface area contributed by atoms with Gasteiger partial charge < -0.3 is 15.4 Å². The van der Waals surface area contributed by atoms with Crippen molar-refractivity contribution in [2.45, 2.75) is 16.3 Å². The van der Waals surface area contributed by atoms with Crippen LogP contribution in [0.4, 0.5) is 10.1 Å². The minimum Gasteiger partial charge on any atom is -0.491 e. The van der Waals surface area contributed by atoms with Crippen molar-refractivity contribution in [2.75, 3.05) is 33.1 Å². The first-order valence-electron chi connectivity index (χ1n) is 7.19. The van der Waals surface area contributed by atoms with E-state index in [9.17, 15) is 4.39 Å². The van der Waals surface area contributed by atoms with E-state index in [2.05, 4.69) is 4.90 Å². The molecule has 0 aromatic heterocycles. The average Bonchev–Trinajstić information content (AvgIpc) is 2.49. The van der Waals surface area contributed by atoms with Crippen molar-refractivity contribution in [3.05, 3.63) is 47.0 Å². The Hall–Kier alpha value is -1.43. The van der Waals surface area contributed by atoms with E-state index in [0.29, 0.717) is 16.5 Å². The first kappa shape index (κ1) is 17.9. The van der Waals surface area contributed by atoms with Crippen LogP contribution in [0.3, 0.4) is 0 Å². The molecule has 0 atom stereocenters. The zero-order valence-electron chi connectivity index (χ0n) is 13.2. The van der Waals surface area contributed by atoms with Gasteiger partial charge in [-0.1, -0.05) is 23.4 Å². The van der Waals surface area contributed by atoms with Gasteiger partial charge in [0.2, 0.25) is 0 Å². The first-order chi connectivity index (χ1) is 11.0. The van der Waals surface area contributed by atoms with Crippen LogP contribution >= 0.6 is 23.4 Å². The second-order valence-electron chi connectivity index (χ2n) is 5.33. The van der Waals surface area contributed by atoms with E-state index in [4.69, 9.17) is 22.1 Å². The summed E-state index contributed by atoms with van der Waals surface area (Å²) in [5, 5.41) is 0.621. The standard InChI is InChI=1S/C17H20ClFN2OS/c1-21(2)11-12-9-14(22-8-7-19)4-6-16(12)23-17-5-3-13(18)10-15(17)20/h3-6,9-10H,7-8,11,20H2,1-2H3/i19-1. The Labute approximate surface area is 145 Å². The molecule has 23 heavy (non-hydrogen) atoms. The molecule has 3 nitrogen and oxygen atoms in total. The van der Waals surface area contributed by atoms with Crippen LogP contribution in [0.2, 0.25) is 5.02 Å². The molecule has 2 aromatic carbocycles. The Morgan fingerprint density at radius 2 is 1.91 bits per heavy atom. The van der Waals surface area contributed by atoms with E-state index < -0.39 is 6.67 Å². The van der Waals surface area contributed by atoms with E-state index in [-0.39, 0.29) is 6.61 Å². The largest absolute Gasteiger partial charge is 0.491 e. The number of ether oxygens (including phenoxy) is 1. The number of hydrogen-bond acceptors (Lipinski definition) is 4. The highest BCUT2D eigenvalue weighted by Gasteiger charge is 2.10. The topological polar surface area (TPSA) is 38.5 Å². The molecule has 0 spiro atoms. The van der Waals surface area contributed by atoms with E-state index >= 15 is 0 Å². The van der Waals surface area contributed by atoms with E-state index in [1.807, 2.05) is 44.4 Å². The average molecular weight is 354 g/mol. The number of hydrogen-bond donors (Lipinski definition) is 1. The third kappa shape index (κ3) is 5.30. The highest BCUT2D eigenvalue weighted by Crippen LogP contribution is 2.37. The van der Waals surface area contributed by atoms with Crippen LogP contribution in [0.15, 0.2) is 46.2 Å². The molecule has 0 saturated heterocycles. The maximum Gasteiger partial charge on any atom is 0.123 e. The number of halogens is 2. The summed E-state index contributed by atoms with van der Waals surface area (Å²) in [6.07, 6.45) is 0. The Balaban J connectivity index is 2.28. The van der Waals surface area contributed by atoms with Gasteiger partial charge in [-0.15, -0.1) is 0 Å². The molecule has 0 heterocycles. The van der Waals surface area contributed by atoms with Gasteiger partial charge >= 0.3 is 0 Å². The van der Waals surface area contributed by atoms with Crippen LogP contribution in [0.5, 0.6) is 5.75 Å². The summed E-state index contributed by atoms with van der Waals surface area (Å²) in [5.41, 5.74) is 7.79. The van der Waals surface area contributed by atoms with Gasteiger partial charge in [0.25, 0.3) is 0 Å². The zero-order valence-corrected chi connectivity index (χ0v) is 14.8. The molecule has 0 saturated carbocycles. The SMILES string of the molecule is CN(C)Cc1cc(OCC[18F])ccc1Sc1ccc(Cl)cc1N. The molecule has 124 valence electrons. The molecule has 0 unspecified atom stereocenters. The number of rotatable bonds is 7. The number of benzene rings is 2. The van der Waals surface area contributed by atoms with Crippen molar-refractivity contribution in [2.24, 2.45) is 0 Å². The van der Waals surface area contributed by atoms with Gasteiger partial charge in [-0.25, -0.2) is 4.39 Å². The predicted molar refractivity (Wildman–Crippen MR) is 95.3 cm³/mol. The molecule has 2 N–H and O–H groups in total. The lowest BCUT2D eigenvalue weighted by atomic mass is 10.2. The molecular weight excluding hydrogens is 334 g/mol. The molecule has 0 aliphatic rings. The van der Waals surface area contributed by atoms with Crippen molar-refractivity contribution >= 4 is 29.1 Å². The molecular formula is C17H20ClFN2OS. The molecule has 6 heteroatoms. The Kier molecular flexibility index (Phi) is 6.57. The first-order valence-corrected chi connectivity index (χ1v) is 8.38. The Bertz CT molecular complexity index is 667. The summed E-state index contributed by atoms with van der Waals surface area (Å²) in [6, 6.07) is 11.3. The molecule has 2 rings (SSSR count). The van der Waals surface area contributed by atoms with Gasteiger partial charge in [-0.3, -0.25) is 0 Å². The van der Waals surface area contributed by atoms with Gasteiger partial charge in [-0.2, -0.15) is 0 Å². The molecule has 0 aliphatic heterocycles. The molecule has 0 bridgehead atoms. The van der Waals surface area contributed by atoms with Gasteiger partial charge in [-0.05, 0) is 56.1 Å². The normalized spacial score (nSPS) is 11.0. The van der Waals surface area contributed by atoms with Crippen molar-refractivity contribution in [1.29, 1.82) is 0 Å². The molecule has 0 radical (unpaired) electrons. The van der Waals surface area contributed by atoms with Crippen molar-refractivity contribution in [1.82, 2.24) is 4.90 Å². The summed E-state index contributed by atoms with van der Waals surface area (Å²) in [6.45, 7) is 0.321. The lowest BCUT2D eigenvalue weighted by Crippen LogP contribution is -2.11. The van der Waals surface area contributed by atoms with Crippen LogP contribution in [0.1, 0.15) is 5.56 Å². The van der Waals surface area contributed by atoms with Crippen LogP contribution in [0.25, 0.3) is 0 Å². The number of alkyl halides is 1. The maximum absolute atomic E-state index is 12.3. The quantitative estimate of drug-likeness (QED) is 0.745. The third-order valence-corrected chi connectivity index (χ3v) is 4.50. The van der Waals surface area contributed by atoms with E-state index in [1.165, 1.54) is 0 Å². The monoisotopic (exact) mass is 353 g/mol. The van der Waals surface area contributed by atoms with Crippen molar-refractivity contribution in [3.63, 3.8) is 0 Å². The Morgan fingerprint density at radius 1 is 1.17 bits per heavy atom. The van der Waals surface area contributed by atoms with Gasteiger partial charge in [0, 0.05) is 27.0 Å². The third-order valence-electron chi connectivity index (χ3n) is 3.06. The summed E-state index contributed by atoms with van der Waals surface area (Å²) in [4.78, 5) is 4.11. The van der Waals surface area contributed by atoms with Gasteiger partial charge in [0.05, 0.1) is 0 Å². The molecule has 0 aliphatic carbocycles. The van der Waals surface area contributed by atoms with Crippen molar-refractivity contribution in [3.8, 4) is 5.75 Å². The smallest absolute Gasteiger partial charge is 0.123 e. The number of nitrogen functional groups attached to an aromatic ring is 1. The minimum absolute atomic E-state index is 0.0675. The Morgan fingerprint density at radius 3 is 2.57 bits per heavy atom. The maximum atomic E-state index is 12.3. The fraction of sp³-hybridized carbons (Fsp3) is 0.294. The summed E-state index contributed by atoms with van der Waals surface area (Å²) in [5.74, 6) is 0.674. The van der Waals surface area contributed by atoms with E-state index in [1.54, 1.807) is 17.8 Å². The van der Waals surface area contributed by atoms with Gasteiger partial charge in [0.1, 0.15) is 19.0 Å². The predicted octanol–water partition coefficient (Wildman–Crippen LogP) is 4.48. The number of nitrogens with two attached hydrogens (primary N) is 1. The summed E-state index contributed by atoms with van der Waals surface area (Å²) < 4.78 is 17.6. The van der Waals surface area contributed by atoms with Crippen LogP contribution in [-0.4, -0.2) is 32.3 Å². The highest BCUT2D eigenvalue weighted by atomic mass is 35.5. The second kappa shape index (κ2) is 8.43. The van der Waals surface area contributed by atoms with E-state index in [0.717, 1.165) is 21.9 Å². The van der Waals surface area contributed by atoms with Crippen LogP contribution in [-0.2, 0) is 6.54 Å². The fourth-order valence-electron chi connectivity index (χ4n) is 2.10. The summed E-state index contributed by atoms with van der Waals surface area (Å²) in [7, 11) is 4.00. The van der Waals surface area contributed by atoms with Crippen molar-refractivity contribution < 1.29 is 9.13 Å². The number of anilines is 1. The molecule has 0 fully saturated rings. The zero-order chi connectivity index (χ0) is 16.8. The van der Waals surface area contributed by atoms with Crippen LogP contribution < -0.4 is 10.5 Å². The summed E-state index contributed by atoms with van der Waals surface area (Å²) >= 11 is 7.53.